The van der Waals surface area contributed by atoms with Crippen molar-refractivity contribution in [2.45, 2.75) is 13.0 Å². The van der Waals surface area contributed by atoms with Crippen LogP contribution in [-0.2, 0) is 0 Å². The van der Waals surface area contributed by atoms with Gasteiger partial charge in [0.2, 0.25) is 11.8 Å². The van der Waals surface area contributed by atoms with E-state index in [0.717, 1.165) is 15.6 Å². The van der Waals surface area contributed by atoms with Gasteiger partial charge in [0, 0.05) is 4.47 Å². The summed E-state index contributed by atoms with van der Waals surface area (Å²) >= 11 is 3.52. The lowest BCUT2D eigenvalue weighted by Gasteiger charge is -2.18. The van der Waals surface area contributed by atoms with E-state index in [1.807, 2.05) is 25.1 Å². The first-order valence-electron chi connectivity index (χ1n) is 6.27. The average Bonchev–Trinajstić information content (AvgIpc) is 2.51. The van der Waals surface area contributed by atoms with Crippen LogP contribution in [0, 0.1) is 6.92 Å². The summed E-state index contributed by atoms with van der Waals surface area (Å²) in [5.41, 5.74) is 5.44. The Morgan fingerprint density at radius 3 is 2.62 bits per heavy atom. The highest BCUT2D eigenvalue weighted by Crippen LogP contribution is 2.30. The van der Waals surface area contributed by atoms with Gasteiger partial charge in [0.25, 0.3) is 0 Å². The Balaban J connectivity index is 2.47. The third-order valence-corrected chi connectivity index (χ3v) is 3.97. The summed E-state index contributed by atoms with van der Waals surface area (Å²) in [5.74, 6) is 6.45. The van der Waals surface area contributed by atoms with Gasteiger partial charge < -0.3 is 9.47 Å². The smallest absolute Gasteiger partial charge is 0.240 e. The second-order valence-electron chi connectivity index (χ2n) is 4.42. The summed E-state index contributed by atoms with van der Waals surface area (Å²) in [4.78, 5) is 8.58. The van der Waals surface area contributed by atoms with Crippen LogP contribution in [0.25, 0.3) is 0 Å². The first-order chi connectivity index (χ1) is 10.1. The van der Waals surface area contributed by atoms with Crippen LogP contribution < -0.4 is 20.7 Å². The number of rotatable bonds is 5. The minimum absolute atomic E-state index is 0.338. The van der Waals surface area contributed by atoms with E-state index in [0.29, 0.717) is 17.5 Å². The number of aromatic nitrogens is 2. The molecule has 0 fully saturated rings. The second-order valence-corrected chi connectivity index (χ2v) is 5.27. The van der Waals surface area contributed by atoms with Gasteiger partial charge in [-0.25, -0.2) is 10.4 Å². The molecule has 1 unspecified atom stereocenters. The fourth-order valence-electron chi connectivity index (χ4n) is 1.93. The second kappa shape index (κ2) is 6.84. The third-order valence-electron chi connectivity index (χ3n) is 3.12. The molecule has 2 rings (SSSR count). The molecule has 21 heavy (non-hydrogen) atoms. The standard InChI is InChI=1S/C14H17BrN4O2/c1-8-4-5-9(6-10(8)15)12(19-16)13-14(21-3)18-11(20-2)7-17-13/h4-7,12,19H,16H2,1-3H3. The zero-order valence-electron chi connectivity index (χ0n) is 12.1. The number of nitrogens with two attached hydrogens (primary N) is 1. The Kier molecular flexibility index (Phi) is 5.11. The molecule has 0 bridgehead atoms. The SMILES string of the molecule is COc1cnc(C(NN)c2ccc(C)c(Br)c2)c(OC)n1. The number of aryl methyl sites for hydroxylation is 1. The maximum absolute atomic E-state index is 5.70. The lowest BCUT2D eigenvalue weighted by Crippen LogP contribution is -2.30. The maximum atomic E-state index is 5.70. The average molecular weight is 353 g/mol. The van der Waals surface area contributed by atoms with Gasteiger partial charge in [-0.15, -0.1) is 0 Å². The molecular weight excluding hydrogens is 336 g/mol. The van der Waals surface area contributed by atoms with Gasteiger partial charge in [-0.3, -0.25) is 5.84 Å². The van der Waals surface area contributed by atoms with Crippen molar-refractivity contribution in [3.63, 3.8) is 0 Å². The van der Waals surface area contributed by atoms with Gasteiger partial charge in [-0.2, -0.15) is 4.98 Å². The molecule has 0 aliphatic rings. The Morgan fingerprint density at radius 1 is 1.29 bits per heavy atom. The molecule has 112 valence electrons. The number of hydrazine groups is 1. The number of hydrogen-bond donors (Lipinski definition) is 2. The highest BCUT2D eigenvalue weighted by Gasteiger charge is 2.21. The van der Waals surface area contributed by atoms with E-state index >= 15 is 0 Å². The molecule has 7 heteroatoms. The number of nitrogens with zero attached hydrogens (tertiary/aromatic N) is 2. The Bertz CT molecular complexity index is 636. The zero-order chi connectivity index (χ0) is 15.4. The van der Waals surface area contributed by atoms with E-state index < -0.39 is 0 Å². The zero-order valence-corrected chi connectivity index (χ0v) is 13.6. The lowest BCUT2D eigenvalue weighted by molar-refractivity contribution is 0.352. The molecule has 2 aromatic rings. The van der Waals surface area contributed by atoms with E-state index in [4.69, 9.17) is 15.3 Å². The number of methoxy groups -OCH3 is 2. The Labute approximate surface area is 131 Å². The predicted molar refractivity (Wildman–Crippen MR) is 83.2 cm³/mol. The van der Waals surface area contributed by atoms with E-state index in [9.17, 15) is 0 Å². The van der Waals surface area contributed by atoms with Crippen molar-refractivity contribution < 1.29 is 9.47 Å². The lowest BCUT2D eigenvalue weighted by atomic mass is 10.0. The first-order valence-corrected chi connectivity index (χ1v) is 7.07. The van der Waals surface area contributed by atoms with Gasteiger partial charge in [-0.05, 0) is 24.1 Å². The number of nitrogens with one attached hydrogen (secondary N) is 1. The van der Waals surface area contributed by atoms with Gasteiger partial charge in [0.05, 0.1) is 26.5 Å². The summed E-state index contributed by atoms with van der Waals surface area (Å²) in [7, 11) is 3.06. The third kappa shape index (κ3) is 3.31. The highest BCUT2D eigenvalue weighted by atomic mass is 79.9. The topological polar surface area (TPSA) is 82.3 Å². The van der Waals surface area contributed by atoms with E-state index in [2.05, 4.69) is 31.3 Å². The van der Waals surface area contributed by atoms with Crippen LogP contribution in [0.5, 0.6) is 11.8 Å². The first kappa shape index (κ1) is 15.7. The van der Waals surface area contributed by atoms with Crippen molar-refractivity contribution in [1.29, 1.82) is 0 Å². The van der Waals surface area contributed by atoms with Crippen molar-refractivity contribution in [2.24, 2.45) is 5.84 Å². The molecular formula is C14H17BrN4O2. The minimum atomic E-state index is -0.338. The molecule has 1 aromatic carbocycles. The van der Waals surface area contributed by atoms with Crippen LogP contribution >= 0.6 is 15.9 Å². The summed E-state index contributed by atoms with van der Waals surface area (Å²) in [6.07, 6.45) is 1.53. The van der Waals surface area contributed by atoms with Crippen molar-refractivity contribution in [3.8, 4) is 11.8 Å². The number of halogens is 1. The molecule has 6 nitrogen and oxygen atoms in total. The largest absolute Gasteiger partial charge is 0.480 e. The molecule has 1 atom stereocenters. The normalized spacial score (nSPS) is 12.0. The summed E-state index contributed by atoms with van der Waals surface area (Å²) in [6.45, 7) is 2.02. The number of benzene rings is 1. The molecule has 3 N–H and O–H groups in total. The molecule has 0 saturated heterocycles. The molecule has 0 amide bonds. The van der Waals surface area contributed by atoms with E-state index in [1.54, 1.807) is 0 Å². The monoisotopic (exact) mass is 352 g/mol. The molecule has 0 radical (unpaired) electrons. The van der Waals surface area contributed by atoms with Crippen molar-refractivity contribution in [2.75, 3.05) is 14.2 Å². The summed E-state index contributed by atoms with van der Waals surface area (Å²) in [6, 6.07) is 5.64. The highest BCUT2D eigenvalue weighted by molar-refractivity contribution is 9.10. The Hall–Kier alpha value is -1.70. The summed E-state index contributed by atoms with van der Waals surface area (Å²) < 4.78 is 11.3. The summed E-state index contributed by atoms with van der Waals surface area (Å²) in [5, 5.41) is 0. The van der Waals surface area contributed by atoms with Crippen LogP contribution in [0.2, 0.25) is 0 Å². The minimum Gasteiger partial charge on any atom is -0.480 e. The molecule has 0 saturated carbocycles. The van der Waals surface area contributed by atoms with Crippen LogP contribution in [0.1, 0.15) is 22.9 Å². The molecule has 1 aromatic heterocycles. The van der Waals surface area contributed by atoms with E-state index in [-0.39, 0.29) is 6.04 Å². The van der Waals surface area contributed by atoms with Gasteiger partial charge in [0.15, 0.2) is 0 Å². The van der Waals surface area contributed by atoms with Crippen molar-refractivity contribution in [1.82, 2.24) is 15.4 Å². The van der Waals surface area contributed by atoms with Crippen LogP contribution in [0.3, 0.4) is 0 Å². The molecule has 0 aliphatic heterocycles. The van der Waals surface area contributed by atoms with E-state index in [1.165, 1.54) is 20.4 Å². The van der Waals surface area contributed by atoms with Gasteiger partial charge >= 0.3 is 0 Å². The van der Waals surface area contributed by atoms with Crippen molar-refractivity contribution in [3.05, 3.63) is 45.7 Å². The van der Waals surface area contributed by atoms with Crippen molar-refractivity contribution >= 4 is 15.9 Å². The predicted octanol–water partition coefficient (Wildman–Crippen LogP) is 2.12. The van der Waals surface area contributed by atoms with Crippen LogP contribution in [0.4, 0.5) is 0 Å². The quantitative estimate of drug-likeness (QED) is 0.633. The maximum Gasteiger partial charge on any atom is 0.240 e. The van der Waals surface area contributed by atoms with Gasteiger partial charge in [-0.1, -0.05) is 28.1 Å². The molecule has 0 aliphatic carbocycles. The van der Waals surface area contributed by atoms with Crippen LogP contribution in [0.15, 0.2) is 28.9 Å². The van der Waals surface area contributed by atoms with Crippen LogP contribution in [-0.4, -0.2) is 24.2 Å². The molecule has 1 heterocycles. The number of hydrogen-bond acceptors (Lipinski definition) is 6. The fraction of sp³-hybridized carbons (Fsp3) is 0.286. The fourth-order valence-corrected chi connectivity index (χ4v) is 2.33. The van der Waals surface area contributed by atoms with Gasteiger partial charge in [0.1, 0.15) is 5.69 Å². The Morgan fingerprint density at radius 2 is 2.05 bits per heavy atom. The molecule has 0 spiro atoms. The number of ether oxygens (including phenoxy) is 2.